The minimum absolute atomic E-state index is 0.00270. The van der Waals surface area contributed by atoms with Crippen molar-refractivity contribution in [3.63, 3.8) is 0 Å². The Morgan fingerprint density at radius 1 is 1.36 bits per heavy atom. The Balaban J connectivity index is 1.68. The van der Waals surface area contributed by atoms with Gasteiger partial charge in [-0.15, -0.1) is 0 Å². The minimum atomic E-state index is -0.00270. The quantitative estimate of drug-likeness (QED) is 0.935. The molecule has 22 heavy (non-hydrogen) atoms. The zero-order valence-electron chi connectivity index (χ0n) is 12.8. The monoisotopic (exact) mass is 320 g/mol. The van der Waals surface area contributed by atoms with E-state index in [9.17, 15) is 5.11 Å². The summed E-state index contributed by atoms with van der Waals surface area (Å²) >= 11 is 5.90. The third-order valence-corrected chi connectivity index (χ3v) is 4.57. The Hall–Kier alpha value is -1.36. The minimum Gasteiger partial charge on any atom is -0.396 e. The van der Waals surface area contributed by atoms with Crippen LogP contribution in [0.5, 0.6) is 0 Å². The Morgan fingerprint density at radius 3 is 2.86 bits per heavy atom. The van der Waals surface area contributed by atoms with E-state index in [0.717, 1.165) is 49.5 Å². The molecule has 1 aromatic carbocycles. The van der Waals surface area contributed by atoms with E-state index in [1.807, 2.05) is 30.3 Å². The van der Waals surface area contributed by atoms with Crippen LogP contribution in [0.25, 0.3) is 11.3 Å². The van der Waals surface area contributed by atoms with E-state index in [4.69, 9.17) is 16.1 Å². The van der Waals surface area contributed by atoms with Crippen LogP contribution < -0.4 is 0 Å². The van der Waals surface area contributed by atoms with Crippen LogP contribution in [0.4, 0.5) is 0 Å². The second kappa shape index (κ2) is 6.41. The van der Waals surface area contributed by atoms with Crippen molar-refractivity contribution in [1.29, 1.82) is 0 Å². The summed E-state index contributed by atoms with van der Waals surface area (Å²) in [4.78, 5) is 2.33. The Morgan fingerprint density at radius 2 is 2.14 bits per heavy atom. The predicted octanol–water partition coefficient (Wildman–Crippen LogP) is 3.59. The zero-order chi connectivity index (χ0) is 15.6. The molecule has 0 radical (unpaired) electrons. The molecule has 1 unspecified atom stereocenters. The SMILES string of the molecule is CC1(CO)CCCN(Cc2cc(-c3ccc(Cl)cc3)no2)C1. The van der Waals surface area contributed by atoms with Crippen LogP contribution in [0, 0.1) is 5.41 Å². The van der Waals surface area contributed by atoms with Crippen LogP contribution in [0.2, 0.25) is 5.02 Å². The number of hydrogen-bond donors (Lipinski definition) is 1. The average Bonchev–Trinajstić information content (AvgIpc) is 2.96. The molecule has 2 heterocycles. The van der Waals surface area contributed by atoms with Gasteiger partial charge in [0.2, 0.25) is 0 Å². The van der Waals surface area contributed by atoms with Crippen molar-refractivity contribution in [1.82, 2.24) is 10.1 Å². The third-order valence-electron chi connectivity index (χ3n) is 4.32. The van der Waals surface area contributed by atoms with E-state index >= 15 is 0 Å². The van der Waals surface area contributed by atoms with Gasteiger partial charge >= 0.3 is 0 Å². The van der Waals surface area contributed by atoms with Gasteiger partial charge in [0.1, 0.15) is 5.69 Å². The average molecular weight is 321 g/mol. The van der Waals surface area contributed by atoms with Crippen molar-refractivity contribution < 1.29 is 9.63 Å². The second-order valence-electron chi connectivity index (χ2n) is 6.47. The van der Waals surface area contributed by atoms with Gasteiger partial charge in [0.05, 0.1) is 6.54 Å². The standard InChI is InChI=1S/C17H21ClN2O2/c1-17(12-21)7-2-8-20(11-17)10-15-9-16(19-22-15)13-3-5-14(18)6-4-13/h3-6,9,21H,2,7-8,10-12H2,1H3. The van der Waals surface area contributed by atoms with Crippen LogP contribution in [0.15, 0.2) is 34.9 Å². The van der Waals surface area contributed by atoms with Gasteiger partial charge < -0.3 is 9.63 Å². The fourth-order valence-corrected chi connectivity index (χ4v) is 3.18. The summed E-state index contributed by atoms with van der Waals surface area (Å²) in [7, 11) is 0. The summed E-state index contributed by atoms with van der Waals surface area (Å²) in [6.07, 6.45) is 2.18. The number of likely N-dealkylation sites (tertiary alicyclic amines) is 1. The summed E-state index contributed by atoms with van der Waals surface area (Å²) in [5.74, 6) is 0.854. The van der Waals surface area contributed by atoms with Crippen LogP contribution >= 0.6 is 11.6 Å². The van der Waals surface area contributed by atoms with Gasteiger partial charge in [0.25, 0.3) is 0 Å². The highest BCUT2D eigenvalue weighted by atomic mass is 35.5. The number of rotatable bonds is 4. The maximum atomic E-state index is 9.54. The van der Waals surface area contributed by atoms with Crippen molar-refractivity contribution in [2.75, 3.05) is 19.7 Å². The lowest BCUT2D eigenvalue weighted by Crippen LogP contribution is -2.43. The molecule has 118 valence electrons. The van der Waals surface area contributed by atoms with Crippen molar-refractivity contribution in [3.8, 4) is 11.3 Å². The molecule has 1 aromatic heterocycles. The smallest absolute Gasteiger partial charge is 0.151 e. The molecule has 1 N–H and O–H groups in total. The lowest BCUT2D eigenvalue weighted by atomic mass is 9.83. The van der Waals surface area contributed by atoms with Gasteiger partial charge in [-0.2, -0.15) is 0 Å². The number of piperidine rings is 1. The van der Waals surface area contributed by atoms with Gasteiger partial charge in [-0.05, 0) is 31.5 Å². The van der Waals surface area contributed by atoms with E-state index in [1.54, 1.807) is 0 Å². The first kappa shape index (κ1) is 15.5. The van der Waals surface area contributed by atoms with E-state index in [0.29, 0.717) is 5.02 Å². The number of aliphatic hydroxyl groups is 1. The number of hydrogen-bond acceptors (Lipinski definition) is 4. The number of aliphatic hydroxyl groups excluding tert-OH is 1. The first-order valence-electron chi connectivity index (χ1n) is 7.63. The normalized spacial score (nSPS) is 22.9. The molecule has 5 heteroatoms. The van der Waals surface area contributed by atoms with Crippen molar-refractivity contribution in [3.05, 3.63) is 41.1 Å². The lowest BCUT2D eigenvalue weighted by Gasteiger charge is -2.38. The van der Waals surface area contributed by atoms with E-state index in [2.05, 4.69) is 17.0 Å². The molecule has 1 fully saturated rings. The van der Waals surface area contributed by atoms with Crippen molar-refractivity contribution >= 4 is 11.6 Å². The third kappa shape index (κ3) is 3.51. The number of halogens is 1. The number of aromatic nitrogens is 1. The maximum absolute atomic E-state index is 9.54. The highest BCUT2D eigenvalue weighted by molar-refractivity contribution is 6.30. The Bertz CT molecular complexity index is 626. The molecule has 0 spiro atoms. The number of benzene rings is 1. The molecule has 1 atom stereocenters. The van der Waals surface area contributed by atoms with Crippen LogP contribution in [0.1, 0.15) is 25.5 Å². The molecule has 0 aliphatic carbocycles. The summed E-state index contributed by atoms with van der Waals surface area (Å²) in [5.41, 5.74) is 1.82. The van der Waals surface area contributed by atoms with Gasteiger partial charge in [0, 0.05) is 35.2 Å². The highest BCUT2D eigenvalue weighted by Gasteiger charge is 2.30. The largest absolute Gasteiger partial charge is 0.396 e. The summed E-state index contributed by atoms with van der Waals surface area (Å²) in [5, 5.41) is 14.4. The molecular formula is C17H21ClN2O2. The Kier molecular flexibility index (Phi) is 4.52. The van der Waals surface area contributed by atoms with Gasteiger partial charge in [0.15, 0.2) is 5.76 Å². The molecule has 3 rings (SSSR count). The summed E-state index contributed by atoms with van der Waals surface area (Å²) in [6.45, 7) is 5.03. The topological polar surface area (TPSA) is 49.5 Å². The molecule has 0 saturated carbocycles. The summed E-state index contributed by atoms with van der Waals surface area (Å²) in [6, 6.07) is 9.56. The molecule has 2 aromatic rings. The number of nitrogens with zero attached hydrogens (tertiary/aromatic N) is 2. The van der Waals surface area contributed by atoms with Crippen LogP contribution in [-0.2, 0) is 6.54 Å². The predicted molar refractivity (Wildman–Crippen MR) is 86.7 cm³/mol. The molecule has 1 aliphatic rings. The first-order valence-corrected chi connectivity index (χ1v) is 8.01. The second-order valence-corrected chi connectivity index (χ2v) is 6.90. The van der Waals surface area contributed by atoms with Gasteiger partial charge in [-0.3, -0.25) is 4.90 Å². The molecule has 1 aliphatic heterocycles. The molecular weight excluding hydrogens is 300 g/mol. The fourth-order valence-electron chi connectivity index (χ4n) is 3.06. The first-order chi connectivity index (χ1) is 10.6. The highest BCUT2D eigenvalue weighted by Crippen LogP contribution is 2.30. The van der Waals surface area contributed by atoms with Crippen molar-refractivity contribution in [2.24, 2.45) is 5.41 Å². The zero-order valence-corrected chi connectivity index (χ0v) is 13.5. The van der Waals surface area contributed by atoms with Crippen molar-refractivity contribution in [2.45, 2.75) is 26.3 Å². The fraction of sp³-hybridized carbons (Fsp3) is 0.471. The summed E-state index contributed by atoms with van der Waals surface area (Å²) < 4.78 is 5.47. The van der Waals surface area contributed by atoms with Gasteiger partial charge in [-0.1, -0.05) is 35.8 Å². The Labute approximate surface area is 135 Å². The van der Waals surface area contributed by atoms with E-state index < -0.39 is 0 Å². The molecule has 0 amide bonds. The van der Waals surface area contributed by atoms with Crippen LogP contribution in [0.3, 0.4) is 0 Å². The van der Waals surface area contributed by atoms with E-state index in [-0.39, 0.29) is 12.0 Å². The molecule has 4 nitrogen and oxygen atoms in total. The molecule has 0 bridgehead atoms. The lowest BCUT2D eigenvalue weighted by molar-refractivity contribution is 0.0390. The van der Waals surface area contributed by atoms with E-state index in [1.165, 1.54) is 0 Å². The van der Waals surface area contributed by atoms with Crippen LogP contribution in [-0.4, -0.2) is 34.9 Å². The molecule has 1 saturated heterocycles. The maximum Gasteiger partial charge on any atom is 0.151 e. The van der Waals surface area contributed by atoms with Gasteiger partial charge in [-0.25, -0.2) is 0 Å².